The Morgan fingerprint density at radius 2 is 1.71 bits per heavy atom. The quantitative estimate of drug-likeness (QED) is 0.581. The van der Waals surface area contributed by atoms with Gasteiger partial charge in [-0.15, -0.1) is 0 Å². The Hall–Kier alpha value is -0.980. The molecule has 1 nitrogen and oxygen atoms in total. The van der Waals surface area contributed by atoms with Gasteiger partial charge in [-0.3, -0.25) is 0 Å². The van der Waals surface area contributed by atoms with E-state index in [1.54, 1.807) is 7.11 Å². The van der Waals surface area contributed by atoms with Crippen LogP contribution in [-0.2, 0) is 6.42 Å². The lowest BCUT2D eigenvalue weighted by Crippen LogP contribution is -1.91. The molecule has 0 unspecified atom stereocenters. The van der Waals surface area contributed by atoms with Crippen molar-refractivity contribution in [3.63, 3.8) is 0 Å². The standard InChI is InChI=1S/C16H26O/c1-4-5-6-7-8-9-10-15-11-12-16(17-3)14(2)13-15/h11-13H,4-10H2,1-3H3. The molecule has 0 spiro atoms. The molecule has 0 radical (unpaired) electrons. The molecular formula is C16H26O. The van der Waals surface area contributed by atoms with E-state index in [0.717, 1.165) is 5.75 Å². The zero-order valence-electron chi connectivity index (χ0n) is 11.6. The van der Waals surface area contributed by atoms with Gasteiger partial charge in [0.25, 0.3) is 0 Å². The molecule has 0 bridgehead atoms. The average Bonchev–Trinajstić information content (AvgIpc) is 2.34. The summed E-state index contributed by atoms with van der Waals surface area (Å²) in [6.45, 7) is 4.38. The highest BCUT2D eigenvalue weighted by atomic mass is 16.5. The fraction of sp³-hybridized carbons (Fsp3) is 0.625. The second-order valence-corrected chi connectivity index (χ2v) is 4.82. The molecule has 1 heteroatoms. The van der Waals surface area contributed by atoms with Crippen LogP contribution in [0.1, 0.15) is 56.6 Å². The average molecular weight is 234 g/mol. The van der Waals surface area contributed by atoms with Crippen LogP contribution < -0.4 is 4.74 Å². The molecule has 1 rings (SSSR count). The molecule has 0 fully saturated rings. The Labute approximate surface area is 106 Å². The molecule has 96 valence electrons. The van der Waals surface area contributed by atoms with Gasteiger partial charge in [-0.2, -0.15) is 0 Å². The molecule has 1 aromatic carbocycles. The maximum atomic E-state index is 5.27. The fourth-order valence-corrected chi connectivity index (χ4v) is 2.21. The van der Waals surface area contributed by atoms with Crippen molar-refractivity contribution in [3.8, 4) is 5.75 Å². The topological polar surface area (TPSA) is 9.23 Å². The number of hydrogen-bond donors (Lipinski definition) is 0. The van der Waals surface area contributed by atoms with E-state index in [1.807, 2.05) is 0 Å². The van der Waals surface area contributed by atoms with Crippen molar-refractivity contribution in [2.45, 2.75) is 58.8 Å². The predicted octanol–water partition coefficient (Wildman–Crippen LogP) is 4.91. The van der Waals surface area contributed by atoms with Crippen molar-refractivity contribution >= 4 is 0 Å². The Balaban J connectivity index is 2.25. The van der Waals surface area contributed by atoms with Crippen molar-refractivity contribution in [2.24, 2.45) is 0 Å². The van der Waals surface area contributed by atoms with Gasteiger partial charge in [0.05, 0.1) is 7.11 Å². The molecule has 0 amide bonds. The van der Waals surface area contributed by atoms with Crippen LogP contribution in [0, 0.1) is 6.92 Å². The monoisotopic (exact) mass is 234 g/mol. The highest BCUT2D eigenvalue weighted by molar-refractivity contribution is 5.36. The lowest BCUT2D eigenvalue weighted by Gasteiger charge is -2.07. The maximum Gasteiger partial charge on any atom is 0.121 e. The first-order chi connectivity index (χ1) is 8.27. The van der Waals surface area contributed by atoms with Crippen LogP contribution in [-0.4, -0.2) is 7.11 Å². The lowest BCUT2D eigenvalue weighted by molar-refractivity contribution is 0.411. The van der Waals surface area contributed by atoms with Crippen LogP contribution in [0.25, 0.3) is 0 Å². The minimum atomic E-state index is 0.997. The summed E-state index contributed by atoms with van der Waals surface area (Å²) in [5, 5.41) is 0. The van der Waals surface area contributed by atoms with E-state index < -0.39 is 0 Å². The zero-order valence-corrected chi connectivity index (χ0v) is 11.6. The highest BCUT2D eigenvalue weighted by Crippen LogP contribution is 2.19. The summed E-state index contributed by atoms with van der Waals surface area (Å²) in [4.78, 5) is 0. The number of hydrogen-bond acceptors (Lipinski definition) is 1. The summed E-state index contributed by atoms with van der Waals surface area (Å²) in [7, 11) is 1.73. The summed E-state index contributed by atoms with van der Waals surface area (Å²) < 4.78 is 5.27. The Morgan fingerprint density at radius 1 is 1.00 bits per heavy atom. The van der Waals surface area contributed by atoms with E-state index in [0.29, 0.717) is 0 Å². The zero-order chi connectivity index (χ0) is 12.5. The minimum Gasteiger partial charge on any atom is -0.496 e. The number of aryl methyl sites for hydroxylation is 2. The van der Waals surface area contributed by atoms with Crippen LogP contribution in [0.4, 0.5) is 0 Å². The van der Waals surface area contributed by atoms with Gasteiger partial charge in [0.2, 0.25) is 0 Å². The number of methoxy groups -OCH3 is 1. The molecule has 0 aromatic heterocycles. The van der Waals surface area contributed by atoms with E-state index in [4.69, 9.17) is 4.74 Å². The van der Waals surface area contributed by atoms with Gasteiger partial charge in [0.1, 0.15) is 5.75 Å². The molecule has 17 heavy (non-hydrogen) atoms. The molecule has 0 saturated heterocycles. The van der Waals surface area contributed by atoms with Crippen molar-refractivity contribution in [1.82, 2.24) is 0 Å². The lowest BCUT2D eigenvalue weighted by atomic mass is 10.0. The first-order valence-corrected chi connectivity index (χ1v) is 6.91. The molecule has 0 N–H and O–H groups in total. The predicted molar refractivity (Wildman–Crippen MR) is 74.8 cm³/mol. The van der Waals surface area contributed by atoms with Gasteiger partial charge >= 0.3 is 0 Å². The van der Waals surface area contributed by atoms with E-state index in [1.165, 1.54) is 56.1 Å². The molecule has 0 aliphatic rings. The molecule has 0 saturated carbocycles. The van der Waals surface area contributed by atoms with Crippen LogP contribution in [0.5, 0.6) is 5.75 Å². The first-order valence-electron chi connectivity index (χ1n) is 6.91. The summed E-state index contributed by atoms with van der Waals surface area (Å²) in [6.07, 6.45) is 9.40. The summed E-state index contributed by atoms with van der Waals surface area (Å²) >= 11 is 0. The van der Waals surface area contributed by atoms with Crippen LogP contribution >= 0.6 is 0 Å². The Morgan fingerprint density at radius 3 is 2.35 bits per heavy atom. The Bertz CT molecular complexity index is 317. The van der Waals surface area contributed by atoms with Crippen LogP contribution in [0.15, 0.2) is 18.2 Å². The molecule has 0 atom stereocenters. The van der Waals surface area contributed by atoms with E-state index in [-0.39, 0.29) is 0 Å². The maximum absolute atomic E-state index is 5.27. The summed E-state index contributed by atoms with van der Waals surface area (Å²) in [5.41, 5.74) is 2.69. The van der Waals surface area contributed by atoms with Gasteiger partial charge in [0, 0.05) is 0 Å². The summed E-state index contributed by atoms with van der Waals surface area (Å²) in [5.74, 6) is 0.997. The van der Waals surface area contributed by atoms with E-state index in [9.17, 15) is 0 Å². The second-order valence-electron chi connectivity index (χ2n) is 4.82. The summed E-state index contributed by atoms with van der Waals surface area (Å²) in [6, 6.07) is 6.53. The normalized spacial score (nSPS) is 10.5. The number of unbranched alkanes of at least 4 members (excludes halogenated alkanes) is 5. The molecule has 0 heterocycles. The number of ether oxygens (including phenoxy) is 1. The van der Waals surface area contributed by atoms with Crippen LogP contribution in [0.3, 0.4) is 0 Å². The second kappa shape index (κ2) is 8.16. The highest BCUT2D eigenvalue weighted by Gasteiger charge is 1.99. The first kappa shape index (κ1) is 14.1. The van der Waals surface area contributed by atoms with Crippen molar-refractivity contribution < 1.29 is 4.74 Å². The molecule has 1 aromatic rings. The number of benzene rings is 1. The third kappa shape index (κ3) is 5.25. The van der Waals surface area contributed by atoms with Crippen molar-refractivity contribution in [1.29, 1.82) is 0 Å². The van der Waals surface area contributed by atoms with Crippen LogP contribution in [0.2, 0.25) is 0 Å². The molecular weight excluding hydrogens is 208 g/mol. The SMILES string of the molecule is CCCCCCCCc1ccc(OC)c(C)c1. The third-order valence-electron chi connectivity index (χ3n) is 3.28. The van der Waals surface area contributed by atoms with E-state index >= 15 is 0 Å². The fourth-order valence-electron chi connectivity index (χ4n) is 2.21. The minimum absolute atomic E-state index is 0.997. The van der Waals surface area contributed by atoms with Gasteiger partial charge in [-0.25, -0.2) is 0 Å². The van der Waals surface area contributed by atoms with Gasteiger partial charge < -0.3 is 4.74 Å². The molecule has 0 aliphatic heterocycles. The number of rotatable bonds is 8. The van der Waals surface area contributed by atoms with E-state index in [2.05, 4.69) is 32.0 Å². The van der Waals surface area contributed by atoms with Gasteiger partial charge in [-0.1, -0.05) is 51.2 Å². The van der Waals surface area contributed by atoms with Gasteiger partial charge in [0.15, 0.2) is 0 Å². The smallest absolute Gasteiger partial charge is 0.121 e. The van der Waals surface area contributed by atoms with Gasteiger partial charge in [-0.05, 0) is 37.0 Å². The largest absolute Gasteiger partial charge is 0.496 e. The van der Waals surface area contributed by atoms with Crippen molar-refractivity contribution in [3.05, 3.63) is 29.3 Å². The third-order valence-corrected chi connectivity index (χ3v) is 3.28. The molecule has 0 aliphatic carbocycles. The van der Waals surface area contributed by atoms with Crippen molar-refractivity contribution in [2.75, 3.05) is 7.11 Å². The Kier molecular flexibility index (Phi) is 6.76.